The van der Waals surface area contributed by atoms with Crippen molar-refractivity contribution in [1.29, 1.82) is 0 Å². The number of hydrogen-bond donors (Lipinski definition) is 0. The Labute approximate surface area is 327 Å². The standard InChI is InChI=1S/C18H15S.C14H22O2.C13H27NO5/c1-4-10-16(11-5-1)19(17-12-6-2-7-13-17)18-14-8-3-9-15-18;1-2-3-16-13(15)14-7-10-4-11(8-14)6-12(5-10)9-14;1-15-8-9-18-12-13-19-11-10-17-7-4-14-2-5-16-6-3-14/h1-15H;10-12H,2-9H2,1H3;2-13H2,1H3/q+1;;. The van der Waals surface area contributed by atoms with Crippen molar-refractivity contribution >= 4 is 16.9 Å². The maximum atomic E-state index is 12.2. The van der Waals surface area contributed by atoms with E-state index in [1.165, 1.54) is 33.9 Å². The molecule has 4 saturated carbocycles. The van der Waals surface area contributed by atoms with Gasteiger partial charge in [-0.2, -0.15) is 0 Å². The molecule has 54 heavy (non-hydrogen) atoms. The number of nitrogens with zero attached hydrogens (tertiary/aromatic N) is 1. The van der Waals surface area contributed by atoms with Gasteiger partial charge >= 0.3 is 5.97 Å². The van der Waals surface area contributed by atoms with Gasteiger partial charge in [0.05, 0.1) is 82.4 Å². The molecular weight excluding hydrogens is 699 g/mol. The van der Waals surface area contributed by atoms with Crippen molar-refractivity contribution in [2.45, 2.75) is 66.6 Å². The second kappa shape index (κ2) is 24.0. The highest BCUT2D eigenvalue weighted by molar-refractivity contribution is 7.97. The molecule has 5 fully saturated rings. The Bertz CT molecular complexity index is 1290. The van der Waals surface area contributed by atoms with Crippen LogP contribution in [0.1, 0.15) is 51.9 Å². The van der Waals surface area contributed by atoms with Crippen LogP contribution in [0.25, 0.3) is 0 Å². The van der Waals surface area contributed by atoms with E-state index < -0.39 is 0 Å². The van der Waals surface area contributed by atoms with Crippen LogP contribution in [0.5, 0.6) is 0 Å². The van der Waals surface area contributed by atoms with Gasteiger partial charge in [-0.15, -0.1) is 0 Å². The van der Waals surface area contributed by atoms with Crippen molar-refractivity contribution in [2.75, 3.05) is 92.8 Å². The summed E-state index contributed by atoms with van der Waals surface area (Å²) in [6.07, 6.45) is 8.49. The highest BCUT2D eigenvalue weighted by Crippen LogP contribution is 2.60. The number of carbonyl (C=O) groups excluding carboxylic acids is 1. The molecule has 9 heteroatoms. The maximum absolute atomic E-state index is 12.2. The lowest BCUT2D eigenvalue weighted by molar-refractivity contribution is -0.171. The van der Waals surface area contributed by atoms with Crippen LogP contribution in [0.2, 0.25) is 0 Å². The summed E-state index contributed by atoms with van der Waals surface area (Å²) in [6, 6.07) is 32.2. The average Bonchev–Trinajstić information content (AvgIpc) is 3.21. The van der Waals surface area contributed by atoms with Gasteiger partial charge in [0.15, 0.2) is 14.7 Å². The normalized spacial score (nSPS) is 22.9. The molecule has 0 aromatic heterocycles. The molecule has 0 N–H and O–H groups in total. The molecule has 0 amide bonds. The number of methoxy groups -OCH3 is 1. The van der Waals surface area contributed by atoms with Crippen LogP contribution >= 0.6 is 0 Å². The second-order valence-corrected chi connectivity index (χ2v) is 16.9. The predicted molar refractivity (Wildman–Crippen MR) is 215 cm³/mol. The quantitative estimate of drug-likeness (QED) is 0.0735. The van der Waals surface area contributed by atoms with Crippen molar-refractivity contribution in [2.24, 2.45) is 23.2 Å². The summed E-state index contributed by atoms with van der Waals surface area (Å²) < 4.78 is 31.8. The van der Waals surface area contributed by atoms with Crippen molar-refractivity contribution in [3.05, 3.63) is 91.0 Å². The smallest absolute Gasteiger partial charge is 0.312 e. The van der Waals surface area contributed by atoms with Gasteiger partial charge in [-0.3, -0.25) is 9.69 Å². The molecule has 0 radical (unpaired) electrons. The van der Waals surface area contributed by atoms with Crippen molar-refractivity contribution in [3.63, 3.8) is 0 Å². The summed E-state index contributed by atoms with van der Waals surface area (Å²) in [5.41, 5.74) is -0.0517. The fraction of sp³-hybridized carbons (Fsp3) is 0.578. The molecular formula is C45H64NO7S+. The number of rotatable bonds is 18. The van der Waals surface area contributed by atoms with Gasteiger partial charge in [-0.05, 0) is 99.1 Å². The Hall–Kier alpha value is -2.76. The van der Waals surface area contributed by atoms with Crippen molar-refractivity contribution in [3.8, 4) is 0 Å². The third kappa shape index (κ3) is 13.8. The van der Waals surface area contributed by atoms with E-state index in [0.29, 0.717) is 46.2 Å². The molecule has 0 unspecified atom stereocenters. The Morgan fingerprint density at radius 3 is 1.50 bits per heavy atom. The summed E-state index contributed by atoms with van der Waals surface area (Å²) in [4.78, 5) is 18.7. The Kier molecular flexibility index (Phi) is 18.8. The summed E-state index contributed by atoms with van der Waals surface area (Å²) in [6.45, 7) is 11.8. The summed E-state index contributed by atoms with van der Waals surface area (Å²) in [5.74, 6) is 2.63. The van der Waals surface area contributed by atoms with Crippen LogP contribution in [0.4, 0.5) is 0 Å². The lowest BCUT2D eigenvalue weighted by Gasteiger charge is -2.55. The largest absolute Gasteiger partial charge is 0.465 e. The number of carbonyl (C=O) groups is 1. The zero-order valence-electron chi connectivity index (χ0n) is 32.7. The molecule has 296 valence electrons. The average molecular weight is 763 g/mol. The van der Waals surface area contributed by atoms with Gasteiger partial charge in [-0.25, -0.2) is 0 Å². The topological polar surface area (TPSA) is 75.7 Å². The number of hydrogen-bond acceptors (Lipinski definition) is 8. The third-order valence-electron chi connectivity index (χ3n) is 10.7. The van der Waals surface area contributed by atoms with Crippen molar-refractivity contribution in [1.82, 2.24) is 4.90 Å². The van der Waals surface area contributed by atoms with Gasteiger partial charge < -0.3 is 28.4 Å². The minimum Gasteiger partial charge on any atom is -0.465 e. The van der Waals surface area contributed by atoms with Crippen LogP contribution in [0, 0.1) is 23.2 Å². The number of benzene rings is 3. The monoisotopic (exact) mass is 762 g/mol. The Morgan fingerprint density at radius 1 is 0.648 bits per heavy atom. The molecule has 0 spiro atoms. The third-order valence-corrected chi connectivity index (χ3v) is 12.9. The molecule has 1 saturated heterocycles. The number of morpholine rings is 1. The first-order chi connectivity index (χ1) is 26.6. The van der Waals surface area contributed by atoms with E-state index in [1.807, 2.05) is 0 Å². The van der Waals surface area contributed by atoms with Gasteiger partial charge in [0, 0.05) is 26.7 Å². The minimum absolute atomic E-state index is 0.0146. The molecule has 1 heterocycles. The molecule has 3 aromatic carbocycles. The van der Waals surface area contributed by atoms with Crippen LogP contribution in [-0.2, 0) is 44.1 Å². The van der Waals surface area contributed by atoms with Gasteiger partial charge in [-0.1, -0.05) is 61.5 Å². The number of ether oxygens (including phenoxy) is 6. The van der Waals surface area contributed by atoms with E-state index in [2.05, 4.69) is 103 Å². The highest BCUT2D eigenvalue weighted by atomic mass is 32.2. The Morgan fingerprint density at radius 2 is 1.07 bits per heavy atom. The molecule has 5 aliphatic rings. The summed E-state index contributed by atoms with van der Waals surface area (Å²) >= 11 is 0. The van der Waals surface area contributed by atoms with E-state index in [9.17, 15) is 4.79 Å². The lowest BCUT2D eigenvalue weighted by Crippen LogP contribution is -2.50. The minimum atomic E-state index is -0.0517. The van der Waals surface area contributed by atoms with E-state index in [4.69, 9.17) is 28.4 Å². The van der Waals surface area contributed by atoms with Gasteiger partial charge in [0.2, 0.25) is 0 Å². The van der Waals surface area contributed by atoms with Crippen LogP contribution < -0.4 is 0 Å². The molecule has 3 aromatic rings. The Balaban J connectivity index is 0.000000156. The van der Waals surface area contributed by atoms with Crippen LogP contribution in [-0.4, -0.2) is 104 Å². The van der Waals surface area contributed by atoms with Gasteiger partial charge in [0.25, 0.3) is 0 Å². The predicted octanol–water partition coefficient (Wildman–Crippen LogP) is 7.95. The summed E-state index contributed by atoms with van der Waals surface area (Å²) in [7, 11) is 1.65. The number of esters is 1. The van der Waals surface area contributed by atoms with E-state index in [-0.39, 0.29) is 22.3 Å². The van der Waals surface area contributed by atoms with Crippen LogP contribution in [0.3, 0.4) is 0 Å². The van der Waals surface area contributed by atoms with E-state index in [0.717, 1.165) is 82.9 Å². The maximum Gasteiger partial charge on any atom is 0.312 e. The SMILES string of the molecule is CCCOC(=O)C12CC3CC(CC(C3)C1)C2.COCCOCCOCCOCCN1CCOCC1.c1ccc([S+](c2ccccc2)c2ccccc2)cc1. The molecule has 8 nitrogen and oxygen atoms in total. The summed E-state index contributed by atoms with van der Waals surface area (Å²) in [5, 5.41) is 0. The molecule has 0 atom stereocenters. The molecule has 8 rings (SSSR count). The first-order valence-corrected chi connectivity index (χ1v) is 21.4. The highest BCUT2D eigenvalue weighted by Gasteiger charge is 2.55. The molecule has 1 aliphatic heterocycles. The van der Waals surface area contributed by atoms with Crippen molar-refractivity contribution < 1.29 is 33.2 Å². The molecule has 4 aliphatic carbocycles. The lowest BCUT2D eigenvalue weighted by atomic mass is 9.49. The zero-order chi connectivity index (χ0) is 37.7. The van der Waals surface area contributed by atoms with E-state index >= 15 is 0 Å². The zero-order valence-corrected chi connectivity index (χ0v) is 33.6. The van der Waals surface area contributed by atoms with Gasteiger partial charge in [0.1, 0.15) is 0 Å². The fourth-order valence-corrected chi connectivity index (χ4v) is 10.6. The first kappa shape index (κ1) is 42.4. The fourth-order valence-electron chi connectivity index (χ4n) is 8.49. The first-order valence-electron chi connectivity index (χ1n) is 20.2. The molecule has 4 bridgehead atoms. The van der Waals surface area contributed by atoms with Crippen LogP contribution in [0.15, 0.2) is 106 Å². The van der Waals surface area contributed by atoms with E-state index in [1.54, 1.807) is 7.11 Å². The second-order valence-electron chi connectivity index (χ2n) is 14.9.